The number of nitriles is 1. The quantitative estimate of drug-likeness (QED) is 0.651. The van der Waals surface area contributed by atoms with Crippen LogP contribution in [0.25, 0.3) is 0 Å². The van der Waals surface area contributed by atoms with Crippen LogP contribution in [0.15, 0.2) is 36.4 Å². The lowest BCUT2D eigenvalue weighted by atomic mass is 10.2. The summed E-state index contributed by atoms with van der Waals surface area (Å²) in [5.74, 6) is 0.357. The summed E-state index contributed by atoms with van der Waals surface area (Å²) in [5.41, 5.74) is 1.05. The molecular formula is C20H20F2N2O5. The molecule has 154 valence electrons. The third-order valence-corrected chi connectivity index (χ3v) is 3.67. The van der Waals surface area contributed by atoms with Crippen LogP contribution in [0.1, 0.15) is 18.1 Å². The predicted molar refractivity (Wildman–Crippen MR) is 99.3 cm³/mol. The molecule has 0 radical (unpaired) electrons. The first-order chi connectivity index (χ1) is 14.0. The first kappa shape index (κ1) is 21.8. The van der Waals surface area contributed by atoms with Crippen LogP contribution < -0.4 is 24.3 Å². The van der Waals surface area contributed by atoms with E-state index in [2.05, 4.69) is 10.1 Å². The molecule has 0 bridgehead atoms. The molecule has 1 amide bonds. The topological polar surface area (TPSA) is 89.8 Å². The number of amides is 1. The molecule has 2 aromatic rings. The van der Waals surface area contributed by atoms with E-state index in [0.29, 0.717) is 29.2 Å². The second-order valence-corrected chi connectivity index (χ2v) is 5.64. The van der Waals surface area contributed by atoms with Crippen LogP contribution in [0.4, 0.5) is 8.78 Å². The molecule has 1 N–H and O–H groups in total. The summed E-state index contributed by atoms with van der Waals surface area (Å²) < 4.78 is 45.0. The number of benzene rings is 2. The van der Waals surface area contributed by atoms with Crippen LogP contribution in [0, 0.1) is 11.3 Å². The minimum Gasteiger partial charge on any atom is -0.493 e. The van der Waals surface area contributed by atoms with Crippen molar-refractivity contribution in [2.75, 3.05) is 20.3 Å². The Kier molecular flexibility index (Phi) is 8.03. The maximum absolute atomic E-state index is 12.4. The van der Waals surface area contributed by atoms with Crippen molar-refractivity contribution < 1.29 is 32.5 Å². The van der Waals surface area contributed by atoms with Crippen molar-refractivity contribution in [2.24, 2.45) is 0 Å². The van der Waals surface area contributed by atoms with Gasteiger partial charge in [0, 0.05) is 12.6 Å². The molecular weight excluding hydrogens is 386 g/mol. The Balaban J connectivity index is 1.93. The number of methoxy groups -OCH3 is 1. The standard InChI is InChI=1S/C20H20F2N2O5/c1-3-27-18-8-13(10-23)4-6-15(18)28-12-19(25)24-11-14-5-7-16(29-20(21)22)17(9-14)26-2/h4-9,20H,3,11-12H2,1-2H3,(H,24,25). The third kappa shape index (κ3) is 6.53. The minimum absolute atomic E-state index is 0.0924. The van der Waals surface area contributed by atoms with E-state index in [4.69, 9.17) is 19.5 Å². The predicted octanol–water partition coefficient (Wildman–Crippen LogP) is 3.26. The summed E-state index contributed by atoms with van der Waals surface area (Å²) in [6.45, 7) is -0.920. The fourth-order valence-electron chi connectivity index (χ4n) is 2.38. The Morgan fingerprint density at radius 2 is 1.86 bits per heavy atom. The van der Waals surface area contributed by atoms with E-state index in [1.54, 1.807) is 19.1 Å². The molecule has 2 rings (SSSR count). The van der Waals surface area contributed by atoms with E-state index in [1.165, 1.54) is 31.4 Å². The van der Waals surface area contributed by atoms with Crippen LogP contribution >= 0.6 is 0 Å². The number of alkyl halides is 2. The van der Waals surface area contributed by atoms with Crippen molar-refractivity contribution >= 4 is 5.91 Å². The molecule has 0 aliphatic rings. The number of ether oxygens (including phenoxy) is 4. The van der Waals surface area contributed by atoms with Crippen LogP contribution in [-0.2, 0) is 11.3 Å². The van der Waals surface area contributed by atoms with Gasteiger partial charge in [0.1, 0.15) is 0 Å². The molecule has 0 aromatic heterocycles. The van der Waals surface area contributed by atoms with Gasteiger partial charge in [-0.2, -0.15) is 14.0 Å². The number of carbonyl (C=O) groups is 1. The lowest BCUT2D eigenvalue weighted by Crippen LogP contribution is -2.28. The summed E-state index contributed by atoms with van der Waals surface area (Å²) in [5, 5.41) is 11.6. The van der Waals surface area contributed by atoms with E-state index >= 15 is 0 Å². The molecule has 0 heterocycles. The molecule has 2 aromatic carbocycles. The van der Waals surface area contributed by atoms with E-state index < -0.39 is 12.5 Å². The van der Waals surface area contributed by atoms with Crippen LogP contribution in [-0.4, -0.2) is 32.8 Å². The average Bonchev–Trinajstić information content (AvgIpc) is 2.71. The number of hydrogen-bond acceptors (Lipinski definition) is 6. The summed E-state index contributed by atoms with van der Waals surface area (Å²) in [6, 6.07) is 11.0. The third-order valence-electron chi connectivity index (χ3n) is 3.67. The molecule has 0 saturated heterocycles. The van der Waals surface area contributed by atoms with Gasteiger partial charge in [-0.25, -0.2) is 0 Å². The fraction of sp³-hybridized carbons (Fsp3) is 0.300. The summed E-state index contributed by atoms with van der Waals surface area (Å²) >= 11 is 0. The normalized spacial score (nSPS) is 10.2. The van der Waals surface area contributed by atoms with Gasteiger partial charge in [-0.1, -0.05) is 6.07 Å². The van der Waals surface area contributed by atoms with Crippen molar-refractivity contribution in [3.8, 4) is 29.1 Å². The Hall–Kier alpha value is -3.54. The van der Waals surface area contributed by atoms with Gasteiger partial charge in [0.15, 0.2) is 29.6 Å². The van der Waals surface area contributed by atoms with Crippen molar-refractivity contribution in [3.05, 3.63) is 47.5 Å². The molecule has 9 heteroatoms. The summed E-state index contributed by atoms with van der Waals surface area (Å²) in [6.07, 6.45) is 0. The highest BCUT2D eigenvalue weighted by Crippen LogP contribution is 2.30. The van der Waals surface area contributed by atoms with Gasteiger partial charge >= 0.3 is 6.61 Å². The zero-order chi connectivity index (χ0) is 21.2. The Morgan fingerprint density at radius 3 is 2.52 bits per heavy atom. The summed E-state index contributed by atoms with van der Waals surface area (Å²) in [4.78, 5) is 12.1. The monoisotopic (exact) mass is 406 g/mol. The maximum Gasteiger partial charge on any atom is 0.387 e. The van der Waals surface area contributed by atoms with Gasteiger partial charge < -0.3 is 24.3 Å². The van der Waals surface area contributed by atoms with Gasteiger partial charge in [0.25, 0.3) is 5.91 Å². The number of rotatable bonds is 10. The Morgan fingerprint density at radius 1 is 1.10 bits per heavy atom. The number of halogens is 2. The molecule has 0 saturated carbocycles. The first-order valence-electron chi connectivity index (χ1n) is 8.65. The van der Waals surface area contributed by atoms with Crippen molar-refractivity contribution in [2.45, 2.75) is 20.1 Å². The maximum atomic E-state index is 12.4. The van der Waals surface area contributed by atoms with Crippen molar-refractivity contribution in [1.82, 2.24) is 5.32 Å². The highest BCUT2D eigenvalue weighted by molar-refractivity contribution is 5.77. The Bertz CT molecular complexity index is 884. The van der Waals surface area contributed by atoms with E-state index in [-0.39, 0.29) is 24.7 Å². The number of nitrogens with one attached hydrogen (secondary N) is 1. The molecule has 0 aliphatic heterocycles. The molecule has 0 aliphatic carbocycles. The van der Waals surface area contributed by atoms with Gasteiger partial charge in [-0.15, -0.1) is 0 Å². The molecule has 0 fully saturated rings. The van der Waals surface area contributed by atoms with Crippen LogP contribution in [0.2, 0.25) is 0 Å². The van der Waals surface area contributed by atoms with Gasteiger partial charge in [-0.05, 0) is 36.8 Å². The first-order valence-corrected chi connectivity index (χ1v) is 8.65. The van der Waals surface area contributed by atoms with Gasteiger partial charge in [-0.3, -0.25) is 4.79 Å². The fourth-order valence-corrected chi connectivity index (χ4v) is 2.38. The summed E-state index contributed by atoms with van der Waals surface area (Å²) in [7, 11) is 1.33. The Labute approximate surface area is 166 Å². The van der Waals surface area contributed by atoms with E-state index in [1.807, 2.05) is 6.07 Å². The van der Waals surface area contributed by atoms with Crippen LogP contribution in [0.3, 0.4) is 0 Å². The average molecular weight is 406 g/mol. The molecule has 0 unspecified atom stereocenters. The van der Waals surface area contributed by atoms with Gasteiger partial charge in [0.05, 0.1) is 25.3 Å². The molecule has 7 nitrogen and oxygen atoms in total. The second-order valence-electron chi connectivity index (χ2n) is 5.64. The largest absolute Gasteiger partial charge is 0.493 e. The van der Waals surface area contributed by atoms with Crippen molar-refractivity contribution in [1.29, 1.82) is 5.26 Å². The highest BCUT2D eigenvalue weighted by Gasteiger charge is 2.12. The molecule has 0 atom stereocenters. The van der Waals surface area contributed by atoms with E-state index in [0.717, 1.165) is 0 Å². The number of nitrogens with zero attached hydrogens (tertiary/aromatic N) is 1. The van der Waals surface area contributed by atoms with Crippen LogP contribution in [0.5, 0.6) is 23.0 Å². The van der Waals surface area contributed by atoms with Crippen molar-refractivity contribution in [3.63, 3.8) is 0 Å². The zero-order valence-corrected chi connectivity index (χ0v) is 15.9. The van der Waals surface area contributed by atoms with Gasteiger partial charge in [0.2, 0.25) is 0 Å². The lowest BCUT2D eigenvalue weighted by molar-refractivity contribution is -0.123. The highest BCUT2D eigenvalue weighted by atomic mass is 19.3. The SMILES string of the molecule is CCOc1cc(C#N)ccc1OCC(=O)NCc1ccc(OC(F)F)c(OC)c1. The minimum atomic E-state index is -2.96. The van der Waals surface area contributed by atoms with E-state index in [9.17, 15) is 13.6 Å². The smallest absolute Gasteiger partial charge is 0.387 e. The number of hydrogen-bond donors (Lipinski definition) is 1. The molecule has 29 heavy (non-hydrogen) atoms. The second kappa shape index (κ2) is 10.7. The molecule has 0 spiro atoms. The zero-order valence-electron chi connectivity index (χ0n) is 15.9. The lowest BCUT2D eigenvalue weighted by Gasteiger charge is -2.13. The number of carbonyl (C=O) groups excluding carboxylic acids is 1.